The number of rotatable bonds is 9. The van der Waals surface area contributed by atoms with Crippen LogP contribution in [0.4, 0.5) is 11.4 Å². The predicted octanol–water partition coefficient (Wildman–Crippen LogP) is 4.30. The summed E-state index contributed by atoms with van der Waals surface area (Å²) in [5, 5.41) is 2.99. The number of nitrogens with zero attached hydrogens (tertiary/aromatic N) is 1. The third kappa shape index (κ3) is 5.83. The van der Waals surface area contributed by atoms with Crippen molar-refractivity contribution in [2.45, 2.75) is 46.5 Å². The molecule has 0 saturated heterocycles. The fraction of sp³-hybridized carbons (Fsp3) is 0.409. The van der Waals surface area contributed by atoms with Crippen LogP contribution < -0.4 is 9.62 Å². The van der Waals surface area contributed by atoms with Crippen molar-refractivity contribution in [3.8, 4) is 0 Å². The third-order valence-corrected chi connectivity index (χ3v) is 6.00. The molecule has 0 fully saturated rings. The lowest BCUT2D eigenvalue weighted by Gasteiger charge is -2.22. The Bertz CT molecular complexity index is 906. The average molecular weight is 403 g/mol. The second-order valence-electron chi connectivity index (χ2n) is 6.97. The van der Waals surface area contributed by atoms with E-state index in [0.29, 0.717) is 12.1 Å². The topological polar surface area (TPSA) is 66.5 Å². The van der Waals surface area contributed by atoms with Crippen LogP contribution in [0.2, 0.25) is 0 Å². The number of benzene rings is 2. The van der Waals surface area contributed by atoms with Gasteiger partial charge in [0.15, 0.2) is 0 Å². The third-order valence-electron chi connectivity index (χ3n) is 4.80. The Morgan fingerprint density at radius 2 is 1.71 bits per heavy atom. The maximum atomic E-state index is 12.4. The molecular weight excluding hydrogens is 372 g/mol. The van der Waals surface area contributed by atoms with Gasteiger partial charge >= 0.3 is 0 Å². The van der Waals surface area contributed by atoms with E-state index in [1.807, 2.05) is 49.4 Å². The van der Waals surface area contributed by atoms with Crippen molar-refractivity contribution in [2.75, 3.05) is 22.4 Å². The molecule has 0 atom stereocenters. The normalized spacial score (nSPS) is 11.3. The molecule has 0 spiro atoms. The highest BCUT2D eigenvalue weighted by Crippen LogP contribution is 2.22. The number of hydrogen-bond acceptors (Lipinski definition) is 3. The fourth-order valence-corrected chi connectivity index (χ4v) is 4.14. The van der Waals surface area contributed by atoms with Gasteiger partial charge in [-0.15, -0.1) is 0 Å². The van der Waals surface area contributed by atoms with Gasteiger partial charge in [-0.25, -0.2) is 8.42 Å². The van der Waals surface area contributed by atoms with Crippen LogP contribution >= 0.6 is 0 Å². The van der Waals surface area contributed by atoms with E-state index < -0.39 is 10.0 Å². The molecule has 0 saturated carbocycles. The first-order chi connectivity index (χ1) is 13.3. The summed E-state index contributed by atoms with van der Waals surface area (Å²) in [6.45, 7) is 6.35. The molecule has 5 nitrogen and oxygen atoms in total. The van der Waals surface area contributed by atoms with E-state index in [0.717, 1.165) is 35.2 Å². The van der Waals surface area contributed by atoms with Crippen molar-refractivity contribution < 1.29 is 13.2 Å². The lowest BCUT2D eigenvalue weighted by atomic mass is 10.1. The fourth-order valence-electron chi connectivity index (χ4n) is 3.17. The van der Waals surface area contributed by atoms with E-state index in [1.165, 1.54) is 10.6 Å². The maximum absolute atomic E-state index is 12.4. The van der Waals surface area contributed by atoms with Gasteiger partial charge in [0.25, 0.3) is 0 Å². The Morgan fingerprint density at radius 3 is 2.29 bits per heavy atom. The Balaban J connectivity index is 2.01. The van der Waals surface area contributed by atoms with Gasteiger partial charge < -0.3 is 5.32 Å². The van der Waals surface area contributed by atoms with Crippen molar-refractivity contribution in [1.82, 2.24) is 0 Å². The highest BCUT2D eigenvalue weighted by Gasteiger charge is 2.18. The summed E-state index contributed by atoms with van der Waals surface area (Å²) in [5.74, 6) is -0.0984. The van der Waals surface area contributed by atoms with Crippen molar-refractivity contribution >= 4 is 27.3 Å². The van der Waals surface area contributed by atoms with E-state index in [4.69, 9.17) is 0 Å². The largest absolute Gasteiger partial charge is 0.326 e. The van der Waals surface area contributed by atoms with E-state index >= 15 is 0 Å². The lowest BCUT2D eigenvalue weighted by Crippen LogP contribution is -2.31. The molecule has 0 aromatic heterocycles. The zero-order valence-electron chi connectivity index (χ0n) is 17.2. The molecule has 152 valence electrons. The predicted molar refractivity (Wildman–Crippen MR) is 116 cm³/mol. The molecule has 2 aromatic rings. The zero-order chi connectivity index (χ0) is 20.7. The molecule has 0 unspecified atom stereocenters. The van der Waals surface area contributed by atoms with Gasteiger partial charge in [0, 0.05) is 18.7 Å². The van der Waals surface area contributed by atoms with Crippen LogP contribution in [-0.4, -0.2) is 27.1 Å². The number of anilines is 2. The van der Waals surface area contributed by atoms with E-state index in [-0.39, 0.29) is 18.9 Å². The minimum absolute atomic E-state index is 0.0984. The minimum Gasteiger partial charge on any atom is -0.326 e. The second-order valence-corrected chi connectivity index (χ2v) is 8.88. The van der Waals surface area contributed by atoms with Crippen LogP contribution in [0.5, 0.6) is 0 Å². The van der Waals surface area contributed by atoms with Crippen LogP contribution in [0.1, 0.15) is 43.4 Å². The number of aryl methyl sites for hydroxylation is 3. The Hall–Kier alpha value is -2.34. The van der Waals surface area contributed by atoms with Crippen LogP contribution in [0, 0.1) is 6.92 Å². The molecule has 28 heavy (non-hydrogen) atoms. The molecular formula is C22H30N2O3S. The van der Waals surface area contributed by atoms with E-state index in [1.54, 1.807) is 0 Å². The molecule has 2 rings (SSSR count). The van der Waals surface area contributed by atoms with Crippen LogP contribution in [0.25, 0.3) is 0 Å². The quantitative estimate of drug-likeness (QED) is 0.680. The monoisotopic (exact) mass is 402 g/mol. The first-order valence-corrected chi connectivity index (χ1v) is 11.6. The van der Waals surface area contributed by atoms with Gasteiger partial charge in [-0.1, -0.05) is 44.2 Å². The molecule has 6 heteroatoms. The molecule has 0 bridgehead atoms. The summed E-state index contributed by atoms with van der Waals surface area (Å²) in [6, 6.07) is 13.5. The number of carbonyl (C=O) groups is 1. The number of para-hydroxylation sites is 1. The van der Waals surface area contributed by atoms with Gasteiger partial charge in [-0.2, -0.15) is 0 Å². The van der Waals surface area contributed by atoms with E-state index in [2.05, 4.69) is 19.2 Å². The smallest absolute Gasteiger partial charge is 0.232 e. The summed E-state index contributed by atoms with van der Waals surface area (Å²) in [7, 11) is -3.41. The first-order valence-electron chi connectivity index (χ1n) is 9.71. The highest BCUT2D eigenvalue weighted by atomic mass is 32.2. The molecule has 1 amide bonds. The molecule has 0 radical (unpaired) electrons. The maximum Gasteiger partial charge on any atom is 0.232 e. The number of carbonyl (C=O) groups excluding carboxylic acids is 1. The Labute approximate surface area is 168 Å². The van der Waals surface area contributed by atoms with Crippen molar-refractivity contribution in [1.29, 1.82) is 0 Å². The highest BCUT2D eigenvalue weighted by molar-refractivity contribution is 7.92. The number of hydrogen-bond donors (Lipinski definition) is 1. The lowest BCUT2D eigenvalue weighted by molar-refractivity contribution is -0.116. The van der Waals surface area contributed by atoms with Crippen LogP contribution in [0.15, 0.2) is 42.5 Å². The standard InChI is InChI=1S/C22H30N2O3S/c1-5-18-12-14-20(15-13-18)24(28(4,26)27)16-8-11-21(25)23-22-17(3)9-7-10-19(22)6-2/h7,9-10,12-15H,5-6,8,11,16H2,1-4H3,(H,23,25). The van der Waals surface area contributed by atoms with Gasteiger partial charge in [-0.05, 0) is 55.0 Å². The number of nitrogens with one attached hydrogen (secondary N) is 1. The Kier molecular flexibility index (Phi) is 7.63. The number of amides is 1. The van der Waals surface area contributed by atoms with Crippen LogP contribution in [-0.2, 0) is 27.7 Å². The number of sulfonamides is 1. The molecule has 0 heterocycles. The second kappa shape index (κ2) is 9.73. The molecule has 1 N–H and O–H groups in total. The zero-order valence-corrected chi connectivity index (χ0v) is 18.0. The van der Waals surface area contributed by atoms with Gasteiger partial charge in [0.1, 0.15) is 0 Å². The minimum atomic E-state index is -3.41. The molecule has 2 aromatic carbocycles. The molecule has 0 aliphatic rings. The van der Waals surface area contributed by atoms with Gasteiger partial charge in [-0.3, -0.25) is 9.10 Å². The molecule has 0 aliphatic carbocycles. The van der Waals surface area contributed by atoms with Crippen molar-refractivity contribution in [2.24, 2.45) is 0 Å². The summed E-state index contributed by atoms with van der Waals surface area (Å²) < 4.78 is 25.8. The average Bonchev–Trinajstić information content (AvgIpc) is 2.66. The SMILES string of the molecule is CCc1ccc(N(CCCC(=O)Nc2c(C)cccc2CC)S(C)(=O)=O)cc1. The molecule has 0 aliphatic heterocycles. The van der Waals surface area contributed by atoms with Crippen molar-refractivity contribution in [3.05, 3.63) is 59.2 Å². The summed E-state index contributed by atoms with van der Waals surface area (Å²) >= 11 is 0. The summed E-state index contributed by atoms with van der Waals surface area (Å²) in [5.41, 5.74) is 4.78. The van der Waals surface area contributed by atoms with E-state index in [9.17, 15) is 13.2 Å². The first kappa shape index (κ1) is 22.0. The summed E-state index contributed by atoms with van der Waals surface area (Å²) in [4.78, 5) is 12.4. The summed E-state index contributed by atoms with van der Waals surface area (Å²) in [6.07, 6.45) is 3.64. The van der Waals surface area contributed by atoms with Gasteiger partial charge in [0.05, 0.1) is 11.9 Å². The Morgan fingerprint density at radius 1 is 1.04 bits per heavy atom. The van der Waals surface area contributed by atoms with Crippen molar-refractivity contribution in [3.63, 3.8) is 0 Å². The van der Waals surface area contributed by atoms with Gasteiger partial charge in [0.2, 0.25) is 15.9 Å². The van der Waals surface area contributed by atoms with Crippen LogP contribution in [0.3, 0.4) is 0 Å².